The lowest BCUT2D eigenvalue weighted by molar-refractivity contribution is 0.857. The van der Waals surface area contributed by atoms with Gasteiger partial charge in [-0.05, 0) is 63.2 Å². The molecule has 210 valence electrons. The maximum absolute atomic E-state index is 5.38. The minimum Gasteiger partial charge on any atom is -0.278 e. The number of rotatable bonds is 3. The molecule has 0 radical (unpaired) electrons. The van der Waals surface area contributed by atoms with Crippen LogP contribution in [0.15, 0.2) is 127 Å². The molecule has 9 rings (SSSR count). The minimum absolute atomic E-state index is 0.343. The normalized spacial score (nSPS) is 18.1. The Morgan fingerprint density at radius 1 is 0.750 bits per heavy atom. The van der Waals surface area contributed by atoms with Gasteiger partial charge in [0.15, 0.2) is 0 Å². The molecule has 0 amide bonds. The molecule has 7 aromatic rings. The van der Waals surface area contributed by atoms with Gasteiger partial charge in [-0.15, -0.1) is 11.8 Å². The van der Waals surface area contributed by atoms with E-state index >= 15 is 0 Å². The summed E-state index contributed by atoms with van der Waals surface area (Å²) in [5.41, 5.74) is 6.96. The van der Waals surface area contributed by atoms with E-state index in [0.29, 0.717) is 5.92 Å². The lowest BCUT2D eigenvalue weighted by Gasteiger charge is -2.18. The van der Waals surface area contributed by atoms with Crippen molar-refractivity contribution in [3.63, 3.8) is 0 Å². The number of allylic oxidation sites excluding steroid dienone is 5. The third kappa shape index (κ3) is 4.13. The second-order valence-electron chi connectivity index (χ2n) is 11.7. The van der Waals surface area contributed by atoms with E-state index in [4.69, 9.17) is 9.97 Å². The molecule has 44 heavy (non-hydrogen) atoms. The van der Waals surface area contributed by atoms with Gasteiger partial charge in [-0.1, -0.05) is 115 Å². The number of thioether (sulfide) groups is 1. The second kappa shape index (κ2) is 10.4. The lowest BCUT2D eigenvalue weighted by Crippen LogP contribution is -2.18. The summed E-state index contributed by atoms with van der Waals surface area (Å²) < 4.78 is 2.30. The Balaban J connectivity index is 1.21. The average Bonchev–Trinajstić information content (AvgIpc) is 3.46. The van der Waals surface area contributed by atoms with E-state index in [1.54, 1.807) is 0 Å². The molecule has 0 bridgehead atoms. The summed E-state index contributed by atoms with van der Waals surface area (Å²) in [6.07, 6.45) is 13.4. The van der Waals surface area contributed by atoms with E-state index in [2.05, 4.69) is 137 Å². The highest BCUT2D eigenvalue weighted by atomic mass is 32.2. The lowest BCUT2D eigenvalue weighted by atomic mass is 9.88. The van der Waals surface area contributed by atoms with Crippen molar-refractivity contribution in [1.29, 1.82) is 0 Å². The van der Waals surface area contributed by atoms with Gasteiger partial charge in [0.05, 0.1) is 22.1 Å². The first kappa shape index (κ1) is 25.6. The number of para-hydroxylation sites is 1. The van der Waals surface area contributed by atoms with Crippen LogP contribution in [0.5, 0.6) is 0 Å². The van der Waals surface area contributed by atoms with Crippen LogP contribution in [0.3, 0.4) is 0 Å². The van der Waals surface area contributed by atoms with E-state index < -0.39 is 0 Å². The third-order valence-corrected chi connectivity index (χ3v) is 9.96. The SMILES string of the molecule is C1=CC(c2ccc3ccccc3c2)CC=C1c1nc(-n2/c3c4c(ccc5cccc2c54)CS/C=C\C\C=3)nc2ccccc12. The summed E-state index contributed by atoms with van der Waals surface area (Å²) in [5, 5.41) is 10.9. The fraction of sp³-hybridized carbons (Fsp3) is 0.100. The Morgan fingerprint density at radius 2 is 1.61 bits per heavy atom. The molecule has 0 N–H and O–H groups in total. The molecule has 1 aliphatic carbocycles. The van der Waals surface area contributed by atoms with E-state index in [-0.39, 0.29) is 0 Å². The Bertz CT molecular complexity index is 2410. The zero-order valence-corrected chi connectivity index (χ0v) is 25.0. The van der Waals surface area contributed by atoms with Gasteiger partial charge in [0.1, 0.15) is 0 Å². The van der Waals surface area contributed by atoms with Crippen molar-refractivity contribution < 1.29 is 0 Å². The summed E-state index contributed by atoms with van der Waals surface area (Å²) in [5.74, 6) is 2.01. The van der Waals surface area contributed by atoms with Crippen molar-refractivity contribution in [3.05, 3.63) is 149 Å². The first-order valence-electron chi connectivity index (χ1n) is 15.3. The van der Waals surface area contributed by atoms with Crippen LogP contribution >= 0.6 is 11.8 Å². The number of fused-ring (bicyclic) bond motifs is 2. The monoisotopic (exact) mass is 583 g/mol. The van der Waals surface area contributed by atoms with Crippen molar-refractivity contribution in [2.45, 2.75) is 24.5 Å². The minimum atomic E-state index is 0.343. The standard InChI is InChI=1S/C40H29N3S/c1-2-9-30-24-31(21-17-26(30)8-1)27-15-19-29(20-16-27)39-33-11-3-4-12-34(33)41-40(42-39)43-35-13-5-6-23-44-25-32-22-18-28-10-7-14-36(43)37(28)38(32)35/h1-4,6-15,17-24,27H,5,16,25H2/b23-6-,35-13+. The molecule has 0 fully saturated rings. The van der Waals surface area contributed by atoms with Crippen LogP contribution in [0.2, 0.25) is 0 Å². The quantitative estimate of drug-likeness (QED) is 0.207. The molecule has 0 saturated carbocycles. The van der Waals surface area contributed by atoms with E-state index in [9.17, 15) is 0 Å². The maximum atomic E-state index is 5.38. The van der Waals surface area contributed by atoms with E-state index in [1.165, 1.54) is 43.4 Å². The van der Waals surface area contributed by atoms with E-state index in [0.717, 1.165) is 52.2 Å². The van der Waals surface area contributed by atoms with Crippen molar-refractivity contribution in [1.82, 2.24) is 14.5 Å². The molecule has 0 spiro atoms. The zero-order chi connectivity index (χ0) is 29.0. The van der Waals surface area contributed by atoms with Crippen molar-refractivity contribution in [2.24, 2.45) is 0 Å². The molecule has 3 heterocycles. The topological polar surface area (TPSA) is 30.7 Å². The van der Waals surface area contributed by atoms with Crippen LogP contribution in [0, 0.1) is 0 Å². The molecule has 1 aliphatic heterocycles. The molecule has 2 aromatic heterocycles. The summed E-state index contributed by atoms with van der Waals surface area (Å²) in [4.78, 5) is 10.6. The summed E-state index contributed by atoms with van der Waals surface area (Å²) >= 11 is 1.86. The predicted molar refractivity (Wildman–Crippen MR) is 187 cm³/mol. The number of hydrogen-bond donors (Lipinski definition) is 0. The summed E-state index contributed by atoms with van der Waals surface area (Å²) in [6.45, 7) is 0. The number of benzene rings is 5. The highest BCUT2D eigenvalue weighted by Crippen LogP contribution is 2.36. The highest BCUT2D eigenvalue weighted by molar-refractivity contribution is 8.01. The predicted octanol–water partition coefficient (Wildman–Crippen LogP) is 9.66. The van der Waals surface area contributed by atoms with Gasteiger partial charge in [0.2, 0.25) is 5.95 Å². The van der Waals surface area contributed by atoms with Gasteiger partial charge in [-0.25, -0.2) is 9.97 Å². The highest BCUT2D eigenvalue weighted by Gasteiger charge is 2.21. The average molecular weight is 584 g/mol. The first-order chi connectivity index (χ1) is 21.8. The van der Waals surface area contributed by atoms with Crippen LogP contribution in [-0.4, -0.2) is 14.5 Å². The second-order valence-corrected chi connectivity index (χ2v) is 12.6. The van der Waals surface area contributed by atoms with Crippen LogP contribution in [0.4, 0.5) is 0 Å². The zero-order valence-electron chi connectivity index (χ0n) is 24.2. The summed E-state index contributed by atoms with van der Waals surface area (Å²) in [7, 11) is 0. The fourth-order valence-electron chi connectivity index (χ4n) is 6.96. The van der Waals surface area contributed by atoms with Crippen molar-refractivity contribution in [2.75, 3.05) is 0 Å². The van der Waals surface area contributed by atoms with Crippen LogP contribution in [0.25, 0.3) is 60.9 Å². The van der Waals surface area contributed by atoms with Crippen molar-refractivity contribution in [3.8, 4) is 5.95 Å². The summed E-state index contributed by atoms with van der Waals surface area (Å²) in [6, 6.07) is 35.0. The molecule has 0 saturated heterocycles. The smallest absolute Gasteiger partial charge is 0.235 e. The van der Waals surface area contributed by atoms with Gasteiger partial charge in [-0.3, -0.25) is 4.57 Å². The van der Waals surface area contributed by atoms with Gasteiger partial charge in [-0.2, -0.15) is 0 Å². The number of nitrogens with zero attached hydrogens (tertiary/aromatic N) is 3. The molecule has 1 unspecified atom stereocenters. The Kier molecular flexibility index (Phi) is 6.02. The van der Waals surface area contributed by atoms with Crippen LogP contribution in [0.1, 0.15) is 35.6 Å². The third-order valence-electron chi connectivity index (χ3n) is 9.09. The molecule has 3 nitrogen and oxygen atoms in total. The Hall–Kier alpha value is -4.93. The van der Waals surface area contributed by atoms with Gasteiger partial charge in [0, 0.05) is 27.8 Å². The van der Waals surface area contributed by atoms with Gasteiger partial charge < -0.3 is 0 Å². The largest absolute Gasteiger partial charge is 0.278 e. The van der Waals surface area contributed by atoms with Crippen LogP contribution < -0.4 is 5.35 Å². The molecular weight excluding hydrogens is 555 g/mol. The molecule has 5 aromatic carbocycles. The Labute approximate surface area is 259 Å². The van der Waals surface area contributed by atoms with Crippen LogP contribution in [-0.2, 0) is 5.75 Å². The fourth-order valence-corrected chi connectivity index (χ4v) is 7.72. The molecule has 4 heteroatoms. The molecular formula is C40H29N3S. The number of aromatic nitrogens is 3. The number of hydrogen-bond acceptors (Lipinski definition) is 3. The van der Waals surface area contributed by atoms with Gasteiger partial charge in [0.25, 0.3) is 0 Å². The Morgan fingerprint density at radius 3 is 2.55 bits per heavy atom. The molecule has 2 aliphatic rings. The van der Waals surface area contributed by atoms with Crippen molar-refractivity contribution >= 4 is 66.8 Å². The van der Waals surface area contributed by atoms with Gasteiger partial charge >= 0.3 is 0 Å². The van der Waals surface area contributed by atoms with E-state index in [1.807, 2.05) is 11.8 Å². The first-order valence-corrected chi connectivity index (χ1v) is 16.3. The maximum Gasteiger partial charge on any atom is 0.235 e. The molecule has 1 atom stereocenters.